The quantitative estimate of drug-likeness (QED) is 0.696. The van der Waals surface area contributed by atoms with E-state index >= 15 is 0 Å². The number of rotatable bonds is 5. The van der Waals surface area contributed by atoms with Crippen molar-refractivity contribution in [3.63, 3.8) is 0 Å². The molecule has 162 valence electrons. The van der Waals surface area contributed by atoms with Gasteiger partial charge in [-0.15, -0.1) is 0 Å². The van der Waals surface area contributed by atoms with E-state index in [0.29, 0.717) is 23.2 Å². The molecule has 2 heterocycles. The Morgan fingerprint density at radius 1 is 1.20 bits per heavy atom. The van der Waals surface area contributed by atoms with Gasteiger partial charge in [-0.25, -0.2) is 22.8 Å². The highest BCUT2D eigenvalue weighted by molar-refractivity contribution is 7.91. The number of carbonyl (C=O) groups is 3. The van der Waals surface area contributed by atoms with Crippen LogP contribution < -0.4 is 5.32 Å². The largest absolute Gasteiger partial charge is 0.465 e. The van der Waals surface area contributed by atoms with Crippen LogP contribution in [-0.4, -0.2) is 62.6 Å². The van der Waals surface area contributed by atoms with Gasteiger partial charge in [0.2, 0.25) is 0 Å². The standard InChI is InChI=1S/C20H24N2O7S/c1-4-29-19(24)16-12(2)22(15-9-10-30(26,27)11-15)20(25)21-17(16)13-5-7-14(8-6-13)18(23)28-3/h5-8,15,17H,4,9-11H2,1-3H3,(H,21,25). The van der Waals surface area contributed by atoms with E-state index in [1.807, 2.05) is 0 Å². The topological polar surface area (TPSA) is 119 Å². The van der Waals surface area contributed by atoms with Gasteiger partial charge in [0, 0.05) is 5.70 Å². The second kappa shape index (κ2) is 8.47. The number of carbonyl (C=O) groups excluding carboxylic acids is 3. The Morgan fingerprint density at radius 3 is 2.40 bits per heavy atom. The first kappa shape index (κ1) is 21.8. The van der Waals surface area contributed by atoms with Crippen molar-refractivity contribution in [2.75, 3.05) is 25.2 Å². The predicted molar refractivity (Wildman–Crippen MR) is 107 cm³/mol. The van der Waals surface area contributed by atoms with Gasteiger partial charge in [-0.3, -0.25) is 4.90 Å². The number of sulfone groups is 1. The van der Waals surface area contributed by atoms with Crippen LogP contribution in [0.25, 0.3) is 0 Å². The zero-order chi connectivity index (χ0) is 22.1. The number of ether oxygens (including phenoxy) is 2. The zero-order valence-electron chi connectivity index (χ0n) is 17.0. The summed E-state index contributed by atoms with van der Waals surface area (Å²) in [6, 6.07) is 4.52. The Morgan fingerprint density at radius 2 is 1.87 bits per heavy atom. The lowest BCUT2D eigenvalue weighted by Crippen LogP contribution is -2.52. The van der Waals surface area contributed by atoms with Crippen molar-refractivity contribution >= 4 is 27.8 Å². The Kier molecular flexibility index (Phi) is 6.16. The van der Waals surface area contributed by atoms with Gasteiger partial charge >= 0.3 is 18.0 Å². The van der Waals surface area contributed by atoms with Crippen molar-refractivity contribution in [1.82, 2.24) is 10.2 Å². The van der Waals surface area contributed by atoms with Gasteiger partial charge in [0.1, 0.15) is 0 Å². The molecule has 0 aromatic heterocycles. The van der Waals surface area contributed by atoms with Crippen molar-refractivity contribution in [2.24, 2.45) is 0 Å². The summed E-state index contributed by atoms with van der Waals surface area (Å²) in [6.07, 6.45) is 0.307. The number of hydrogen-bond donors (Lipinski definition) is 1. The van der Waals surface area contributed by atoms with Gasteiger partial charge < -0.3 is 14.8 Å². The molecule has 0 bridgehead atoms. The molecular formula is C20H24N2O7S. The number of esters is 2. The summed E-state index contributed by atoms with van der Waals surface area (Å²) in [7, 11) is -1.95. The maximum Gasteiger partial charge on any atom is 0.338 e. The molecule has 0 saturated carbocycles. The second-order valence-corrected chi connectivity index (χ2v) is 9.37. The van der Waals surface area contributed by atoms with E-state index in [1.54, 1.807) is 38.1 Å². The molecule has 2 amide bonds. The third-order valence-corrected chi connectivity index (χ3v) is 7.01. The number of hydrogen-bond acceptors (Lipinski definition) is 7. The molecule has 1 saturated heterocycles. The smallest absolute Gasteiger partial charge is 0.338 e. The van der Waals surface area contributed by atoms with Gasteiger partial charge in [0.05, 0.1) is 48.4 Å². The van der Waals surface area contributed by atoms with Crippen molar-refractivity contribution in [3.8, 4) is 0 Å². The van der Waals surface area contributed by atoms with E-state index in [9.17, 15) is 22.8 Å². The maximum absolute atomic E-state index is 12.9. The number of nitrogens with one attached hydrogen (secondary N) is 1. The highest BCUT2D eigenvalue weighted by Gasteiger charge is 2.42. The number of allylic oxidation sites excluding steroid dienone is 1. The number of benzene rings is 1. The van der Waals surface area contributed by atoms with Crippen LogP contribution >= 0.6 is 0 Å². The summed E-state index contributed by atoms with van der Waals surface area (Å²) in [5.41, 5.74) is 1.50. The summed E-state index contributed by atoms with van der Waals surface area (Å²) in [6.45, 7) is 3.44. The summed E-state index contributed by atoms with van der Waals surface area (Å²) >= 11 is 0. The third kappa shape index (κ3) is 4.18. The molecule has 1 fully saturated rings. The molecule has 2 atom stereocenters. The normalized spacial score (nSPS) is 23.2. The van der Waals surface area contributed by atoms with E-state index in [2.05, 4.69) is 10.1 Å². The van der Waals surface area contributed by atoms with Crippen LogP contribution in [0.15, 0.2) is 35.5 Å². The van der Waals surface area contributed by atoms with Gasteiger partial charge in [-0.2, -0.15) is 0 Å². The monoisotopic (exact) mass is 436 g/mol. The van der Waals surface area contributed by atoms with Crippen LogP contribution in [0.5, 0.6) is 0 Å². The molecule has 0 spiro atoms. The molecule has 1 aromatic rings. The van der Waals surface area contributed by atoms with Gasteiger partial charge in [-0.1, -0.05) is 12.1 Å². The molecule has 9 nitrogen and oxygen atoms in total. The average Bonchev–Trinajstić information content (AvgIpc) is 3.06. The summed E-state index contributed by atoms with van der Waals surface area (Å²) < 4.78 is 33.7. The van der Waals surface area contributed by atoms with Crippen molar-refractivity contribution in [1.29, 1.82) is 0 Å². The maximum atomic E-state index is 12.9. The molecule has 1 aromatic carbocycles. The van der Waals surface area contributed by atoms with E-state index in [0.717, 1.165) is 0 Å². The van der Waals surface area contributed by atoms with Crippen LogP contribution in [0.4, 0.5) is 4.79 Å². The average molecular weight is 436 g/mol. The molecular weight excluding hydrogens is 412 g/mol. The lowest BCUT2D eigenvalue weighted by atomic mass is 9.93. The Labute approximate surface area is 174 Å². The summed E-state index contributed by atoms with van der Waals surface area (Å²) in [5, 5.41) is 2.79. The SMILES string of the molecule is CCOC(=O)C1=C(C)N(C2CCS(=O)(=O)C2)C(=O)NC1c1ccc(C(=O)OC)cc1. The lowest BCUT2D eigenvalue weighted by Gasteiger charge is -2.38. The molecule has 1 N–H and O–H groups in total. The first-order valence-corrected chi connectivity index (χ1v) is 11.4. The summed E-state index contributed by atoms with van der Waals surface area (Å²) in [5.74, 6) is -1.24. The van der Waals surface area contributed by atoms with Gasteiger partial charge in [0.25, 0.3) is 0 Å². The van der Waals surface area contributed by atoms with Crippen LogP contribution in [0.2, 0.25) is 0 Å². The highest BCUT2D eigenvalue weighted by Crippen LogP contribution is 2.34. The molecule has 30 heavy (non-hydrogen) atoms. The van der Waals surface area contributed by atoms with Crippen LogP contribution in [0, 0.1) is 0 Å². The zero-order valence-corrected chi connectivity index (χ0v) is 17.8. The number of amides is 2. The number of nitrogens with zero attached hydrogens (tertiary/aromatic N) is 1. The summed E-state index contributed by atoms with van der Waals surface area (Å²) in [4.78, 5) is 38.7. The fourth-order valence-corrected chi connectivity index (χ4v) is 5.53. The van der Waals surface area contributed by atoms with Gasteiger partial charge in [0.15, 0.2) is 9.84 Å². The molecule has 10 heteroatoms. The minimum atomic E-state index is -3.22. The van der Waals surface area contributed by atoms with E-state index in [-0.39, 0.29) is 23.7 Å². The van der Waals surface area contributed by atoms with E-state index in [4.69, 9.17) is 4.74 Å². The van der Waals surface area contributed by atoms with Crippen LogP contribution in [0.1, 0.15) is 42.2 Å². The first-order valence-electron chi connectivity index (χ1n) is 9.54. The van der Waals surface area contributed by atoms with E-state index in [1.165, 1.54) is 12.0 Å². The highest BCUT2D eigenvalue weighted by atomic mass is 32.2. The third-order valence-electron chi connectivity index (χ3n) is 5.26. The lowest BCUT2D eigenvalue weighted by molar-refractivity contribution is -0.139. The molecule has 2 aliphatic heterocycles. The van der Waals surface area contributed by atoms with Crippen LogP contribution in [0.3, 0.4) is 0 Å². The van der Waals surface area contributed by atoms with Crippen molar-refractivity contribution < 1.29 is 32.3 Å². The molecule has 0 radical (unpaired) electrons. The molecule has 2 aliphatic rings. The first-order chi connectivity index (χ1) is 14.2. The Bertz CT molecular complexity index is 998. The Hall–Kier alpha value is -2.88. The Balaban J connectivity index is 2.02. The minimum absolute atomic E-state index is 0.00187. The minimum Gasteiger partial charge on any atom is -0.465 e. The molecule has 0 aliphatic carbocycles. The van der Waals surface area contributed by atoms with Crippen molar-refractivity contribution in [2.45, 2.75) is 32.4 Å². The number of urea groups is 1. The van der Waals surface area contributed by atoms with Gasteiger partial charge in [-0.05, 0) is 38.0 Å². The van der Waals surface area contributed by atoms with Crippen molar-refractivity contribution in [3.05, 3.63) is 46.7 Å². The molecule has 3 rings (SSSR count). The predicted octanol–water partition coefficient (Wildman–Crippen LogP) is 1.56. The molecule has 2 unspecified atom stereocenters. The van der Waals surface area contributed by atoms with E-state index < -0.39 is 39.9 Å². The fraction of sp³-hybridized carbons (Fsp3) is 0.450. The second-order valence-electron chi connectivity index (χ2n) is 7.14. The fourth-order valence-electron chi connectivity index (χ4n) is 3.83. The van der Waals surface area contributed by atoms with Crippen LogP contribution in [-0.2, 0) is 24.1 Å². The number of methoxy groups -OCH3 is 1.